The lowest BCUT2D eigenvalue weighted by molar-refractivity contribution is -0.0157. The fourth-order valence-corrected chi connectivity index (χ4v) is 2.57. The van der Waals surface area contributed by atoms with Crippen molar-refractivity contribution in [1.82, 2.24) is 0 Å². The average molecular weight is 206 g/mol. The fraction of sp³-hybridized carbons (Fsp3) is 0.714. The van der Waals surface area contributed by atoms with Crippen molar-refractivity contribution in [2.24, 2.45) is 0 Å². The highest BCUT2D eigenvalue weighted by Gasteiger charge is 2.33. The number of hydrogen-bond donors (Lipinski definition) is 0. The van der Waals surface area contributed by atoms with Crippen LogP contribution in [0.5, 0.6) is 0 Å². The van der Waals surface area contributed by atoms with E-state index in [1.165, 1.54) is 31.3 Å². The van der Waals surface area contributed by atoms with Crippen molar-refractivity contribution >= 4 is 0 Å². The molecule has 1 heteroatoms. The molecule has 0 N–H and O–H groups in total. The largest absolute Gasteiger partial charge is 0.359 e. The van der Waals surface area contributed by atoms with Crippen LogP contribution in [-0.2, 0) is 4.74 Å². The lowest BCUT2D eigenvalue weighted by Crippen LogP contribution is -2.28. The quantitative estimate of drug-likeness (QED) is 0.634. The van der Waals surface area contributed by atoms with Crippen LogP contribution in [0.25, 0.3) is 0 Å². The summed E-state index contributed by atoms with van der Waals surface area (Å²) in [5, 5.41) is 0. The van der Waals surface area contributed by atoms with Gasteiger partial charge in [-0.1, -0.05) is 32.1 Å². The van der Waals surface area contributed by atoms with Gasteiger partial charge in [-0.15, -0.1) is 0 Å². The summed E-state index contributed by atoms with van der Waals surface area (Å²) >= 11 is 0. The van der Waals surface area contributed by atoms with Gasteiger partial charge in [0.25, 0.3) is 0 Å². The van der Waals surface area contributed by atoms with E-state index in [-0.39, 0.29) is 11.7 Å². The van der Waals surface area contributed by atoms with Crippen LogP contribution in [0, 0.1) is 0 Å². The standard InChI is InChI=1S/C14H22O/c1-3-14(4-2)11-10-13(15-14)12-8-6-5-7-9-12/h8,10-11,13H,3-7,9H2,1-2H3. The number of allylic oxidation sites excluding steroid dienone is 1. The van der Waals surface area contributed by atoms with Crippen LogP contribution >= 0.6 is 0 Å². The van der Waals surface area contributed by atoms with Crippen molar-refractivity contribution in [1.29, 1.82) is 0 Å². The van der Waals surface area contributed by atoms with Gasteiger partial charge in [0.05, 0.1) is 11.7 Å². The molecule has 0 aromatic carbocycles. The van der Waals surface area contributed by atoms with Gasteiger partial charge in [0, 0.05) is 0 Å². The lowest BCUT2D eigenvalue weighted by Gasteiger charge is -2.28. The maximum absolute atomic E-state index is 6.21. The maximum Gasteiger partial charge on any atom is 0.0979 e. The number of rotatable bonds is 3. The predicted molar refractivity (Wildman–Crippen MR) is 63.9 cm³/mol. The molecule has 0 spiro atoms. The summed E-state index contributed by atoms with van der Waals surface area (Å²) in [6, 6.07) is 0. The molecule has 1 nitrogen and oxygen atoms in total. The van der Waals surface area contributed by atoms with Gasteiger partial charge in [-0.25, -0.2) is 0 Å². The van der Waals surface area contributed by atoms with Crippen LogP contribution in [0.1, 0.15) is 52.4 Å². The highest BCUT2D eigenvalue weighted by atomic mass is 16.5. The van der Waals surface area contributed by atoms with Crippen molar-refractivity contribution in [3.05, 3.63) is 23.8 Å². The van der Waals surface area contributed by atoms with E-state index < -0.39 is 0 Å². The van der Waals surface area contributed by atoms with E-state index in [2.05, 4.69) is 32.1 Å². The van der Waals surface area contributed by atoms with E-state index in [0.717, 1.165) is 12.8 Å². The van der Waals surface area contributed by atoms with E-state index in [1.807, 2.05) is 0 Å². The normalized spacial score (nSPS) is 29.2. The van der Waals surface area contributed by atoms with Crippen LogP contribution in [0.15, 0.2) is 23.8 Å². The molecular formula is C14H22O. The van der Waals surface area contributed by atoms with Crippen LogP contribution in [0.3, 0.4) is 0 Å². The molecule has 2 rings (SSSR count). The summed E-state index contributed by atoms with van der Waals surface area (Å²) < 4.78 is 6.21. The second-order valence-electron chi connectivity index (χ2n) is 4.69. The van der Waals surface area contributed by atoms with Crippen LogP contribution in [0.4, 0.5) is 0 Å². The molecule has 2 aliphatic rings. The Labute approximate surface area is 93.2 Å². The topological polar surface area (TPSA) is 9.23 Å². The number of ether oxygens (including phenoxy) is 1. The summed E-state index contributed by atoms with van der Waals surface area (Å²) in [6.45, 7) is 4.43. The summed E-state index contributed by atoms with van der Waals surface area (Å²) in [6.07, 6.45) is 14.6. The van der Waals surface area contributed by atoms with Gasteiger partial charge in [-0.2, -0.15) is 0 Å². The number of hydrogen-bond acceptors (Lipinski definition) is 1. The third-order valence-electron chi connectivity index (χ3n) is 3.82. The Bertz CT molecular complexity index is 271. The van der Waals surface area contributed by atoms with Crippen molar-refractivity contribution in [2.45, 2.75) is 64.1 Å². The molecule has 0 aromatic heterocycles. The Morgan fingerprint density at radius 2 is 2.13 bits per heavy atom. The third-order valence-corrected chi connectivity index (χ3v) is 3.82. The van der Waals surface area contributed by atoms with Crippen molar-refractivity contribution in [3.63, 3.8) is 0 Å². The Morgan fingerprint density at radius 1 is 1.33 bits per heavy atom. The molecule has 1 unspecified atom stereocenters. The molecule has 0 bridgehead atoms. The minimum atomic E-state index is 0.0307. The van der Waals surface area contributed by atoms with Gasteiger partial charge < -0.3 is 4.74 Å². The van der Waals surface area contributed by atoms with E-state index in [1.54, 1.807) is 0 Å². The molecule has 15 heavy (non-hydrogen) atoms. The maximum atomic E-state index is 6.21. The predicted octanol–water partition coefficient (Wildman–Crippen LogP) is 4.00. The Hall–Kier alpha value is -0.560. The molecule has 84 valence electrons. The Morgan fingerprint density at radius 3 is 2.67 bits per heavy atom. The van der Waals surface area contributed by atoms with Gasteiger partial charge in [0.15, 0.2) is 0 Å². The van der Waals surface area contributed by atoms with Gasteiger partial charge in [-0.3, -0.25) is 0 Å². The monoisotopic (exact) mass is 206 g/mol. The van der Waals surface area contributed by atoms with Crippen molar-refractivity contribution in [2.75, 3.05) is 0 Å². The Balaban J connectivity index is 2.04. The zero-order chi connectivity index (χ0) is 10.7. The first-order valence-electron chi connectivity index (χ1n) is 6.36. The first-order chi connectivity index (χ1) is 7.29. The minimum Gasteiger partial charge on any atom is -0.359 e. The SMILES string of the molecule is CCC1(CC)C=CC(C2=CCCCC2)O1. The third kappa shape index (κ3) is 2.17. The molecule has 1 aliphatic carbocycles. The lowest BCUT2D eigenvalue weighted by atomic mass is 9.95. The zero-order valence-electron chi connectivity index (χ0n) is 9.96. The fourth-order valence-electron chi connectivity index (χ4n) is 2.57. The molecule has 0 aromatic rings. The van der Waals surface area contributed by atoms with Gasteiger partial charge in [0.1, 0.15) is 0 Å². The summed E-state index contributed by atoms with van der Waals surface area (Å²) in [5.41, 5.74) is 1.55. The molecule has 0 fully saturated rings. The molecule has 1 atom stereocenters. The van der Waals surface area contributed by atoms with E-state index >= 15 is 0 Å². The first kappa shape index (κ1) is 10.9. The smallest absolute Gasteiger partial charge is 0.0979 e. The van der Waals surface area contributed by atoms with Crippen molar-refractivity contribution in [3.8, 4) is 0 Å². The van der Waals surface area contributed by atoms with E-state index in [0.29, 0.717) is 0 Å². The molecule has 0 saturated heterocycles. The molecular weight excluding hydrogens is 184 g/mol. The molecule has 0 amide bonds. The highest BCUT2D eigenvalue weighted by Crippen LogP contribution is 2.35. The summed E-state index contributed by atoms with van der Waals surface area (Å²) in [5.74, 6) is 0. The van der Waals surface area contributed by atoms with Crippen LogP contribution in [0.2, 0.25) is 0 Å². The summed E-state index contributed by atoms with van der Waals surface area (Å²) in [4.78, 5) is 0. The zero-order valence-corrected chi connectivity index (χ0v) is 9.96. The highest BCUT2D eigenvalue weighted by molar-refractivity contribution is 5.24. The molecule has 1 aliphatic heterocycles. The Kier molecular flexibility index (Phi) is 3.30. The second-order valence-corrected chi connectivity index (χ2v) is 4.69. The van der Waals surface area contributed by atoms with Crippen molar-refractivity contribution < 1.29 is 4.74 Å². The molecule has 0 radical (unpaired) electrons. The molecule has 0 saturated carbocycles. The summed E-state index contributed by atoms with van der Waals surface area (Å²) in [7, 11) is 0. The molecule has 1 heterocycles. The average Bonchev–Trinajstić information content (AvgIpc) is 2.75. The second kappa shape index (κ2) is 4.52. The minimum absolute atomic E-state index is 0.0307. The first-order valence-corrected chi connectivity index (χ1v) is 6.36. The van der Waals surface area contributed by atoms with Crippen LogP contribution in [-0.4, -0.2) is 11.7 Å². The van der Waals surface area contributed by atoms with Crippen LogP contribution < -0.4 is 0 Å². The van der Waals surface area contributed by atoms with Gasteiger partial charge in [-0.05, 0) is 44.1 Å². The van der Waals surface area contributed by atoms with E-state index in [9.17, 15) is 0 Å². The van der Waals surface area contributed by atoms with E-state index in [4.69, 9.17) is 4.74 Å². The van der Waals surface area contributed by atoms with Gasteiger partial charge >= 0.3 is 0 Å². The van der Waals surface area contributed by atoms with Gasteiger partial charge in [0.2, 0.25) is 0 Å².